The number of rotatable bonds is 56. The summed E-state index contributed by atoms with van der Waals surface area (Å²) < 4.78 is 50.1. The van der Waals surface area contributed by atoms with E-state index in [1.54, 1.807) is 74.5 Å². The van der Waals surface area contributed by atoms with Gasteiger partial charge in [-0.2, -0.15) is 0 Å². The van der Waals surface area contributed by atoms with Crippen molar-refractivity contribution in [1.82, 2.24) is 31.9 Å². The molecule has 5 rings (SSSR count). The van der Waals surface area contributed by atoms with Gasteiger partial charge in [0, 0.05) is 142 Å². The molecule has 1 aliphatic rings. The van der Waals surface area contributed by atoms with Crippen molar-refractivity contribution in [2.24, 2.45) is 5.73 Å². The standard InChI is InChI=1S/C86H115N7O16/c1-9-13-17-23-41-102-73-49-66(50-74(60-73)103-42-24-18-14-10-2)83(98)90-37-29-35-77-79(106-45-27-21-33-62(5)94)53-68(54-80(77)107-46-28-22-34-63(6)95)85(100)92-71-57-70(87)58-72(59-71)93-86(101)69-55-81(108-47-31-39-88-64(7)96)78(82(56-69)109-48-32-40-89-65(8)97)36-30-38-91-84(99)67-51-75(104-43-25-19-15-11-3)61-76(52-67)105-44-26-20-16-12-4/h1-4,49-56,60-61,70-72H,13-48,57-59,87H2,5-8H3,(H,88,96)(H,89,97)(H,90,98)(H,91,99)(H,92,100)(H,93,101)/t70-,71+,72-/m1/s1. The lowest BCUT2D eigenvalue weighted by atomic mass is 9.87. The number of benzene rings is 4. The highest BCUT2D eigenvalue weighted by Gasteiger charge is 2.31. The first-order chi connectivity index (χ1) is 52.8. The lowest BCUT2D eigenvalue weighted by Gasteiger charge is -2.34. The fraction of sp³-hybridized carbons (Fsp3) is 0.535. The summed E-state index contributed by atoms with van der Waals surface area (Å²) in [6, 6.07) is 15.4. The molecule has 3 atom stereocenters. The van der Waals surface area contributed by atoms with Gasteiger partial charge in [0.15, 0.2) is 0 Å². The van der Waals surface area contributed by atoms with Crippen LogP contribution in [0.5, 0.6) is 46.0 Å². The van der Waals surface area contributed by atoms with Gasteiger partial charge < -0.3 is 85.1 Å². The summed E-state index contributed by atoms with van der Waals surface area (Å²) in [6.45, 7) is 9.49. The molecule has 1 saturated carbocycles. The quantitative estimate of drug-likeness (QED) is 0.0160. The fourth-order valence-electron chi connectivity index (χ4n) is 12.0. The van der Waals surface area contributed by atoms with Crippen molar-refractivity contribution in [2.45, 2.75) is 219 Å². The van der Waals surface area contributed by atoms with Crippen LogP contribution in [0, 0.1) is 49.4 Å². The molecular formula is C86H115N7O16. The van der Waals surface area contributed by atoms with E-state index in [9.17, 15) is 38.4 Å². The molecule has 0 aromatic heterocycles. The van der Waals surface area contributed by atoms with Gasteiger partial charge in [-0.15, -0.1) is 49.4 Å². The van der Waals surface area contributed by atoms with Gasteiger partial charge in [-0.25, -0.2) is 0 Å². The van der Waals surface area contributed by atoms with E-state index in [4.69, 9.17) is 69.3 Å². The number of ketones is 2. The molecule has 109 heavy (non-hydrogen) atoms. The van der Waals surface area contributed by atoms with E-state index in [0.717, 1.165) is 51.4 Å². The molecule has 6 amide bonds. The first kappa shape index (κ1) is 89.3. The Hall–Kier alpha value is -10.4. The number of ether oxygens (including phenoxy) is 8. The minimum Gasteiger partial charge on any atom is -0.493 e. The number of unbranched alkanes of at least 4 members (excludes halogenated alkanes) is 10. The molecule has 4 aromatic rings. The highest BCUT2D eigenvalue weighted by Crippen LogP contribution is 2.36. The molecule has 0 unspecified atom stereocenters. The lowest BCUT2D eigenvalue weighted by Crippen LogP contribution is -2.51. The molecular weight excluding hydrogens is 1390 g/mol. The number of nitrogens with one attached hydrogen (secondary N) is 6. The van der Waals surface area contributed by atoms with E-state index in [0.29, 0.717) is 230 Å². The van der Waals surface area contributed by atoms with Gasteiger partial charge in [0.1, 0.15) is 57.6 Å². The minimum atomic E-state index is -0.510. The number of hydrogen-bond donors (Lipinski definition) is 7. The molecule has 0 heterocycles. The van der Waals surface area contributed by atoms with Crippen LogP contribution in [0.3, 0.4) is 0 Å². The Morgan fingerprint density at radius 1 is 0.349 bits per heavy atom. The number of hydrogen-bond acceptors (Lipinski definition) is 17. The van der Waals surface area contributed by atoms with Gasteiger partial charge in [-0.1, -0.05) is 0 Å². The predicted molar refractivity (Wildman–Crippen MR) is 422 cm³/mol. The minimum absolute atomic E-state index is 0.0565. The fourth-order valence-corrected chi connectivity index (χ4v) is 12.0. The summed E-state index contributed by atoms with van der Waals surface area (Å²) in [7, 11) is 0. The summed E-state index contributed by atoms with van der Waals surface area (Å²) in [5.41, 5.74) is 9.21. The zero-order valence-corrected chi connectivity index (χ0v) is 64.5. The SMILES string of the molecule is C#CCCCCOc1cc(OCCCCC#C)cc(C(=O)NCCCc2c(OCCCCC(C)=O)cc(C(=O)N[C@H]3C[C@@H](N)C[C@@H](NC(=O)c4cc(OCCCNC(C)=O)c(CCCNC(=O)c5cc(OCCCCC#C)cc(OCCCCC#C)c5)c(OCCCNC(C)=O)c4)C3)cc2OCCCCC(C)=O)c1. The number of Topliss-reactive ketones (excluding diaryl/α,β-unsaturated/α-hetero) is 2. The molecule has 0 bridgehead atoms. The van der Waals surface area contributed by atoms with Crippen molar-refractivity contribution in [2.75, 3.05) is 79.0 Å². The summed E-state index contributed by atoms with van der Waals surface area (Å²) in [4.78, 5) is 105. The van der Waals surface area contributed by atoms with Gasteiger partial charge in [-0.3, -0.25) is 28.8 Å². The monoisotopic (exact) mass is 1500 g/mol. The Morgan fingerprint density at radius 3 is 0.936 bits per heavy atom. The number of nitrogens with two attached hydrogens (primary N) is 1. The Balaban J connectivity index is 1.39. The Kier molecular flexibility index (Phi) is 43.1. The van der Waals surface area contributed by atoms with Crippen molar-refractivity contribution in [3.63, 3.8) is 0 Å². The molecule has 1 fully saturated rings. The van der Waals surface area contributed by atoms with Crippen LogP contribution in [0.15, 0.2) is 60.7 Å². The van der Waals surface area contributed by atoms with Crippen molar-refractivity contribution < 1.29 is 76.3 Å². The lowest BCUT2D eigenvalue weighted by molar-refractivity contribution is -0.119. The van der Waals surface area contributed by atoms with Gasteiger partial charge in [0.05, 0.1) is 52.9 Å². The molecule has 0 spiro atoms. The van der Waals surface area contributed by atoms with Crippen LogP contribution >= 0.6 is 0 Å². The van der Waals surface area contributed by atoms with E-state index in [2.05, 4.69) is 55.6 Å². The van der Waals surface area contributed by atoms with Gasteiger partial charge in [0.2, 0.25) is 11.8 Å². The van der Waals surface area contributed by atoms with Crippen molar-refractivity contribution >= 4 is 47.0 Å². The summed E-state index contributed by atoms with van der Waals surface area (Å²) >= 11 is 0. The van der Waals surface area contributed by atoms with E-state index in [-0.39, 0.29) is 85.8 Å². The molecule has 23 heteroatoms. The molecule has 0 saturated heterocycles. The molecule has 1 aliphatic carbocycles. The third kappa shape index (κ3) is 36.9. The second-order valence-electron chi connectivity index (χ2n) is 27.2. The number of amides is 6. The first-order valence-electron chi connectivity index (χ1n) is 38.6. The number of carbonyl (C=O) groups is 8. The second-order valence-corrected chi connectivity index (χ2v) is 27.2. The van der Waals surface area contributed by atoms with Crippen molar-refractivity contribution in [3.05, 3.63) is 94.0 Å². The highest BCUT2D eigenvalue weighted by atomic mass is 16.5. The number of terminal acetylenes is 4. The molecule has 23 nitrogen and oxygen atoms in total. The largest absolute Gasteiger partial charge is 0.493 e. The van der Waals surface area contributed by atoms with E-state index in [1.165, 1.54) is 13.8 Å². The maximum atomic E-state index is 14.8. The van der Waals surface area contributed by atoms with Crippen LogP contribution in [0.1, 0.15) is 241 Å². The maximum absolute atomic E-state index is 14.8. The average Bonchev–Trinajstić information content (AvgIpc) is 0.813. The third-order valence-corrected chi connectivity index (χ3v) is 17.5. The predicted octanol–water partition coefficient (Wildman–Crippen LogP) is 11.6. The van der Waals surface area contributed by atoms with Crippen LogP contribution in [-0.4, -0.2) is 144 Å². The molecule has 4 aromatic carbocycles. The van der Waals surface area contributed by atoms with Gasteiger partial charge in [0.25, 0.3) is 23.6 Å². The van der Waals surface area contributed by atoms with Crippen LogP contribution in [0.25, 0.3) is 0 Å². The third-order valence-electron chi connectivity index (χ3n) is 17.5. The van der Waals surface area contributed by atoms with Gasteiger partial charge >= 0.3 is 0 Å². The van der Waals surface area contributed by atoms with Crippen molar-refractivity contribution in [1.29, 1.82) is 0 Å². The zero-order chi connectivity index (χ0) is 78.8. The van der Waals surface area contributed by atoms with Crippen LogP contribution < -0.4 is 75.5 Å². The highest BCUT2D eigenvalue weighted by molar-refractivity contribution is 5.97. The summed E-state index contributed by atoms with van der Waals surface area (Å²) in [5.74, 6) is 12.1. The smallest absolute Gasteiger partial charge is 0.251 e. The summed E-state index contributed by atoms with van der Waals surface area (Å²) in [6.07, 6.45) is 37.0. The van der Waals surface area contributed by atoms with E-state index >= 15 is 0 Å². The zero-order valence-electron chi connectivity index (χ0n) is 64.5. The average molecular weight is 1500 g/mol. The molecule has 590 valence electrons. The van der Waals surface area contributed by atoms with Crippen LogP contribution in [0.4, 0.5) is 0 Å². The number of carbonyl (C=O) groups excluding carboxylic acids is 8. The Morgan fingerprint density at radius 2 is 0.633 bits per heavy atom. The normalized spacial score (nSPS) is 13.5. The first-order valence-corrected chi connectivity index (χ1v) is 38.6. The summed E-state index contributed by atoms with van der Waals surface area (Å²) in [5, 5.41) is 18.0. The molecule has 0 aliphatic heterocycles. The van der Waals surface area contributed by atoms with E-state index in [1.807, 2.05) is 0 Å². The van der Waals surface area contributed by atoms with Crippen LogP contribution in [0.2, 0.25) is 0 Å². The van der Waals surface area contributed by atoms with E-state index < -0.39 is 29.9 Å². The maximum Gasteiger partial charge on any atom is 0.251 e. The topological polar surface area (TPSA) is 309 Å². The van der Waals surface area contributed by atoms with Crippen molar-refractivity contribution in [3.8, 4) is 95.4 Å². The molecule has 0 radical (unpaired) electrons. The molecule has 8 N–H and O–H groups in total. The second kappa shape index (κ2) is 52.6. The van der Waals surface area contributed by atoms with Gasteiger partial charge in [-0.05, 0) is 197 Å². The Bertz CT molecular complexity index is 3320. The Labute approximate surface area is 645 Å². The van der Waals surface area contributed by atoms with Crippen LogP contribution in [-0.2, 0) is 32.0 Å².